The van der Waals surface area contributed by atoms with Crippen LogP contribution < -0.4 is 10.6 Å². The predicted molar refractivity (Wildman–Crippen MR) is 157 cm³/mol. The number of carbonyl (C=O) groups excluding carboxylic acids is 3. The minimum Gasteiger partial charge on any atom is -0.465 e. The van der Waals surface area contributed by atoms with Gasteiger partial charge < -0.3 is 20.1 Å². The molecule has 8 nitrogen and oxygen atoms in total. The molecule has 0 aliphatic carbocycles. The molecule has 1 aliphatic rings. The summed E-state index contributed by atoms with van der Waals surface area (Å²) in [5, 5.41) is 5.57. The third-order valence-electron chi connectivity index (χ3n) is 6.76. The number of Topliss-reactive ketones (excluding diaryl/α,β-unsaturated/α-hetero) is 1. The molecule has 0 saturated carbocycles. The number of ether oxygens (including phenoxy) is 2. The van der Waals surface area contributed by atoms with Gasteiger partial charge in [-0.1, -0.05) is 105 Å². The molecule has 0 saturated heterocycles. The van der Waals surface area contributed by atoms with Gasteiger partial charge in [-0.05, 0) is 41.9 Å². The number of nitrogens with zero attached hydrogens (tertiary/aromatic N) is 1. The summed E-state index contributed by atoms with van der Waals surface area (Å²) < 4.78 is 11.3. The maximum atomic E-state index is 13.6. The quantitative estimate of drug-likeness (QED) is 0.302. The molecule has 3 aromatic rings. The average molecular weight is 556 g/mol. The average Bonchev–Trinajstić information content (AvgIpc) is 3.49. The maximum absolute atomic E-state index is 13.6. The van der Waals surface area contributed by atoms with Crippen LogP contribution in [0.1, 0.15) is 49.5 Å². The standard InChI is InChI=1S/C33H37N3O5/c1-23(2)20-28(36-33(39)40-22-25-14-8-4-9-15-25)31(38)35-27(19-18-24-12-6-3-7-13-24)30(37)32-34-21-29(41-32)26-16-10-5-11-17-26/h3-17,23,27-29H,18-22H2,1-2H3,(H,35,38)(H,36,39). The topological polar surface area (TPSA) is 106 Å². The SMILES string of the molecule is CC(C)CC(NC(=O)OCc1ccccc1)C(=O)NC(CCc1ccccc1)C(=O)C1=NCC(c2ccccc2)O1. The van der Waals surface area contributed by atoms with Crippen LogP contribution in [-0.4, -0.2) is 42.3 Å². The van der Waals surface area contributed by atoms with Crippen LogP contribution in [0.5, 0.6) is 0 Å². The van der Waals surface area contributed by atoms with Crippen LogP contribution in [0.25, 0.3) is 0 Å². The van der Waals surface area contributed by atoms with E-state index in [4.69, 9.17) is 9.47 Å². The minimum atomic E-state index is -0.882. The molecule has 0 fully saturated rings. The van der Waals surface area contributed by atoms with Gasteiger partial charge in [0, 0.05) is 0 Å². The smallest absolute Gasteiger partial charge is 0.408 e. The van der Waals surface area contributed by atoms with Crippen molar-refractivity contribution in [1.29, 1.82) is 0 Å². The molecule has 214 valence electrons. The maximum Gasteiger partial charge on any atom is 0.408 e. The van der Waals surface area contributed by atoms with E-state index in [1.807, 2.05) is 105 Å². The lowest BCUT2D eigenvalue weighted by Crippen LogP contribution is -2.53. The summed E-state index contributed by atoms with van der Waals surface area (Å²) in [6.07, 6.45) is 0.236. The van der Waals surface area contributed by atoms with E-state index in [1.54, 1.807) is 0 Å². The lowest BCUT2D eigenvalue weighted by Gasteiger charge is -2.24. The second-order valence-corrected chi connectivity index (χ2v) is 10.5. The molecule has 0 radical (unpaired) electrons. The fraction of sp³-hybridized carbons (Fsp3) is 0.333. The summed E-state index contributed by atoms with van der Waals surface area (Å²) >= 11 is 0. The molecular weight excluding hydrogens is 518 g/mol. The monoisotopic (exact) mass is 555 g/mol. The highest BCUT2D eigenvalue weighted by Crippen LogP contribution is 2.24. The largest absolute Gasteiger partial charge is 0.465 e. The van der Waals surface area contributed by atoms with Crippen LogP contribution in [0, 0.1) is 5.92 Å². The zero-order chi connectivity index (χ0) is 29.0. The zero-order valence-corrected chi connectivity index (χ0v) is 23.5. The van der Waals surface area contributed by atoms with Crippen molar-refractivity contribution in [3.8, 4) is 0 Å². The third kappa shape index (κ3) is 9.03. The summed E-state index contributed by atoms with van der Waals surface area (Å²) in [5.74, 6) is -0.733. The summed E-state index contributed by atoms with van der Waals surface area (Å²) in [6.45, 7) is 4.33. The molecule has 3 aromatic carbocycles. The molecule has 1 aliphatic heterocycles. The van der Waals surface area contributed by atoms with E-state index >= 15 is 0 Å². The van der Waals surface area contributed by atoms with E-state index in [0.717, 1.165) is 16.7 Å². The fourth-order valence-corrected chi connectivity index (χ4v) is 4.61. The van der Waals surface area contributed by atoms with E-state index in [1.165, 1.54) is 0 Å². The number of aliphatic imine (C=N–C) groups is 1. The first-order chi connectivity index (χ1) is 19.9. The Morgan fingerprint density at radius 3 is 2.10 bits per heavy atom. The van der Waals surface area contributed by atoms with E-state index < -0.39 is 24.1 Å². The van der Waals surface area contributed by atoms with Crippen molar-refractivity contribution < 1.29 is 23.9 Å². The molecule has 4 rings (SSSR count). The van der Waals surface area contributed by atoms with E-state index in [9.17, 15) is 14.4 Å². The third-order valence-corrected chi connectivity index (χ3v) is 6.76. The van der Waals surface area contributed by atoms with Crippen molar-refractivity contribution in [3.63, 3.8) is 0 Å². The molecule has 41 heavy (non-hydrogen) atoms. The first-order valence-electron chi connectivity index (χ1n) is 14.0. The number of aryl methyl sites for hydroxylation is 1. The van der Waals surface area contributed by atoms with Gasteiger partial charge in [0.1, 0.15) is 18.8 Å². The molecular formula is C33H37N3O5. The first kappa shape index (κ1) is 29.5. The van der Waals surface area contributed by atoms with Crippen LogP contribution in [0.4, 0.5) is 4.79 Å². The van der Waals surface area contributed by atoms with Crippen molar-refractivity contribution in [3.05, 3.63) is 108 Å². The Kier molecular flexibility index (Phi) is 10.7. The number of ketones is 1. The first-order valence-corrected chi connectivity index (χ1v) is 14.0. The summed E-state index contributed by atoms with van der Waals surface area (Å²) in [4.78, 5) is 44.1. The van der Waals surface area contributed by atoms with Gasteiger partial charge >= 0.3 is 6.09 Å². The number of rotatable bonds is 13. The number of carbonyl (C=O) groups is 3. The normalized spacial score (nSPS) is 15.8. The van der Waals surface area contributed by atoms with Gasteiger partial charge in [-0.15, -0.1) is 0 Å². The number of amides is 2. The lowest BCUT2D eigenvalue weighted by atomic mass is 9.99. The highest BCUT2D eigenvalue weighted by atomic mass is 16.5. The molecule has 8 heteroatoms. The molecule has 0 aromatic heterocycles. The van der Waals surface area contributed by atoms with Gasteiger partial charge in [-0.2, -0.15) is 0 Å². The highest BCUT2D eigenvalue weighted by molar-refractivity contribution is 6.39. The van der Waals surface area contributed by atoms with Crippen LogP contribution in [-0.2, 0) is 32.1 Å². The van der Waals surface area contributed by atoms with Gasteiger partial charge in [-0.3, -0.25) is 9.59 Å². The molecule has 1 heterocycles. The zero-order valence-electron chi connectivity index (χ0n) is 23.5. The van der Waals surface area contributed by atoms with Gasteiger partial charge in [0.15, 0.2) is 0 Å². The van der Waals surface area contributed by atoms with Gasteiger partial charge in [0.2, 0.25) is 11.7 Å². The Morgan fingerprint density at radius 1 is 0.854 bits per heavy atom. The minimum absolute atomic E-state index is 0.00727. The Morgan fingerprint density at radius 2 is 1.46 bits per heavy atom. The molecule has 3 atom stereocenters. The predicted octanol–water partition coefficient (Wildman–Crippen LogP) is 5.18. The van der Waals surface area contributed by atoms with E-state index in [2.05, 4.69) is 15.6 Å². The van der Waals surface area contributed by atoms with Crippen molar-refractivity contribution in [1.82, 2.24) is 10.6 Å². The molecule has 2 amide bonds. The van der Waals surface area contributed by atoms with Gasteiger partial charge in [0.05, 0.1) is 12.6 Å². The van der Waals surface area contributed by atoms with Crippen LogP contribution in [0.2, 0.25) is 0 Å². The Labute approximate surface area is 241 Å². The Balaban J connectivity index is 1.43. The van der Waals surface area contributed by atoms with Crippen molar-refractivity contribution >= 4 is 23.7 Å². The second kappa shape index (κ2) is 14.8. The molecule has 2 N–H and O–H groups in total. The molecule has 0 spiro atoms. The number of hydrogen-bond donors (Lipinski definition) is 2. The second-order valence-electron chi connectivity index (χ2n) is 10.5. The summed E-state index contributed by atoms with van der Waals surface area (Å²) in [7, 11) is 0. The number of benzene rings is 3. The van der Waals surface area contributed by atoms with Crippen molar-refractivity contribution in [2.75, 3.05) is 6.54 Å². The van der Waals surface area contributed by atoms with Crippen molar-refractivity contribution in [2.24, 2.45) is 10.9 Å². The summed E-state index contributed by atoms with van der Waals surface area (Å²) in [5.41, 5.74) is 2.81. The number of alkyl carbamates (subject to hydrolysis) is 1. The molecule has 3 unspecified atom stereocenters. The van der Waals surface area contributed by atoms with E-state index in [0.29, 0.717) is 25.8 Å². The molecule has 0 bridgehead atoms. The highest BCUT2D eigenvalue weighted by Gasteiger charge is 2.34. The van der Waals surface area contributed by atoms with E-state index in [-0.39, 0.29) is 30.3 Å². The Hall–Kier alpha value is -4.46. The van der Waals surface area contributed by atoms with Crippen LogP contribution >= 0.6 is 0 Å². The van der Waals surface area contributed by atoms with Gasteiger partial charge in [0.25, 0.3) is 5.90 Å². The van der Waals surface area contributed by atoms with Crippen molar-refractivity contribution in [2.45, 2.75) is 57.9 Å². The fourth-order valence-electron chi connectivity index (χ4n) is 4.61. The number of nitrogens with one attached hydrogen (secondary N) is 2. The van der Waals surface area contributed by atoms with Crippen LogP contribution in [0.3, 0.4) is 0 Å². The Bertz CT molecular complexity index is 1310. The number of hydrogen-bond acceptors (Lipinski definition) is 6. The summed E-state index contributed by atoms with van der Waals surface area (Å²) in [6, 6.07) is 26.9. The lowest BCUT2D eigenvalue weighted by molar-refractivity contribution is -0.127. The van der Waals surface area contributed by atoms with Crippen LogP contribution in [0.15, 0.2) is 96.0 Å². The van der Waals surface area contributed by atoms with Gasteiger partial charge in [-0.25, -0.2) is 9.79 Å².